The molecule has 6 nitrogen and oxygen atoms in total. The molecule has 3 aliphatic rings. The number of rotatable bonds is 4. The molecule has 0 spiro atoms. The number of nitrogens with zero attached hydrogens (tertiary/aromatic N) is 2. The van der Waals surface area contributed by atoms with Crippen LogP contribution in [-0.4, -0.2) is 71.7 Å². The largest absolute Gasteiger partial charge is 0.479 e. The third-order valence-electron chi connectivity index (χ3n) is 4.47. The summed E-state index contributed by atoms with van der Waals surface area (Å²) >= 11 is 0. The van der Waals surface area contributed by atoms with Crippen LogP contribution in [0.2, 0.25) is 0 Å². The second-order valence-electron chi connectivity index (χ2n) is 6.10. The molecule has 0 bridgehead atoms. The van der Waals surface area contributed by atoms with Gasteiger partial charge in [-0.15, -0.1) is 0 Å². The minimum absolute atomic E-state index is 0.0279. The lowest BCUT2D eigenvalue weighted by atomic mass is 10.1. The monoisotopic (exact) mass is 282 g/mol. The Labute approximate surface area is 118 Å². The van der Waals surface area contributed by atoms with Crippen molar-refractivity contribution in [1.82, 2.24) is 9.80 Å². The summed E-state index contributed by atoms with van der Waals surface area (Å²) in [5.41, 5.74) is 0. The molecule has 2 aliphatic heterocycles. The SMILES string of the molecule is O=C(O)[C@H]1CC[C@@H](C(=O)N2CCN(CC3CC3)CC2)O1. The number of carboxylic acids is 1. The zero-order valence-corrected chi connectivity index (χ0v) is 11.7. The molecule has 2 heterocycles. The van der Waals surface area contributed by atoms with Gasteiger partial charge in [-0.05, 0) is 31.6 Å². The molecular formula is C14H22N2O4. The molecule has 0 aromatic carbocycles. The number of carboxylic acid groups (broad SMARTS) is 1. The average molecular weight is 282 g/mol. The summed E-state index contributed by atoms with van der Waals surface area (Å²) in [5, 5.41) is 8.89. The number of carbonyl (C=O) groups excluding carboxylic acids is 1. The average Bonchev–Trinajstić information content (AvgIpc) is 3.11. The number of ether oxygens (including phenoxy) is 1. The van der Waals surface area contributed by atoms with E-state index in [-0.39, 0.29) is 5.91 Å². The normalized spacial score (nSPS) is 31.5. The lowest BCUT2D eigenvalue weighted by Crippen LogP contribution is -2.51. The van der Waals surface area contributed by atoms with Crippen molar-refractivity contribution in [3.63, 3.8) is 0 Å². The van der Waals surface area contributed by atoms with Crippen molar-refractivity contribution < 1.29 is 19.4 Å². The van der Waals surface area contributed by atoms with E-state index >= 15 is 0 Å². The van der Waals surface area contributed by atoms with Gasteiger partial charge in [0, 0.05) is 32.7 Å². The van der Waals surface area contributed by atoms with E-state index in [9.17, 15) is 9.59 Å². The summed E-state index contributed by atoms with van der Waals surface area (Å²) < 4.78 is 5.33. The fourth-order valence-electron chi connectivity index (χ4n) is 3.02. The van der Waals surface area contributed by atoms with E-state index in [1.165, 1.54) is 19.4 Å². The van der Waals surface area contributed by atoms with Gasteiger partial charge in [0.25, 0.3) is 5.91 Å². The summed E-state index contributed by atoms with van der Waals surface area (Å²) in [7, 11) is 0. The predicted octanol–water partition coefficient (Wildman–Crippen LogP) is 0.173. The van der Waals surface area contributed by atoms with Crippen LogP contribution in [0.3, 0.4) is 0 Å². The third-order valence-corrected chi connectivity index (χ3v) is 4.47. The standard InChI is InChI=1S/C14H22N2O4/c17-13(11-3-4-12(20-11)14(18)19)16-7-5-15(6-8-16)9-10-1-2-10/h10-12H,1-9H2,(H,18,19)/t11-,12+/m0/s1. The lowest BCUT2D eigenvalue weighted by molar-refractivity contribution is -0.155. The Morgan fingerprint density at radius 1 is 1.00 bits per heavy atom. The molecule has 1 saturated carbocycles. The molecule has 0 aromatic rings. The van der Waals surface area contributed by atoms with Gasteiger partial charge in [-0.25, -0.2) is 4.79 Å². The van der Waals surface area contributed by atoms with Crippen LogP contribution in [0.4, 0.5) is 0 Å². The third kappa shape index (κ3) is 3.12. The van der Waals surface area contributed by atoms with Crippen molar-refractivity contribution in [3.8, 4) is 0 Å². The van der Waals surface area contributed by atoms with Gasteiger partial charge in [-0.3, -0.25) is 9.69 Å². The highest BCUT2D eigenvalue weighted by atomic mass is 16.5. The second-order valence-corrected chi connectivity index (χ2v) is 6.10. The Morgan fingerprint density at radius 2 is 1.65 bits per heavy atom. The first-order chi connectivity index (χ1) is 9.63. The predicted molar refractivity (Wildman–Crippen MR) is 71.3 cm³/mol. The highest BCUT2D eigenvalue weighted by molar-refractivity contribution is 5.82. The van der Waals surface area contributed by atoms with E-state index in [4.69, 9.17) is 9.84 Å². The van der Waals surface area contributed by atoms with Crippen LogP contribution in [-0.2, 0) is 14.3 Å². The van der Waals surface area contributed by atoms with Gasteiger partial charge in [0.15, 0.2) is 6.10 Å². The molecule has 112 valence electrons. The summed E-state index contributed by atoms with van der Waals surface area (Å²) in [4.78, 5) is 27.4. The van der Waals surface area contributed by atoms with E-state index in [0.717, 1.165) is 32.1 Å². The molecule has 3 rings (SSSR count). The van der Waals surface area contributed by atoms with Crippen LogP contribution >= 0.6 is 0 Å². The number of piperazine rings is 1. The highest BCUT2D eigenvalue weighted by Crippen LogP contribution is 2.30. The molecule has 1 amide bonds. The summed E-state index contributed by atoms with van der Waals surface area (Å²) in [6, 6.07) is 0. The summed E-state index contributed by atoms with van der Waals surface area (Å²) in [6.45, 7) is 4.50. The zero-order valence-electron chi connectivity index (χ0n) is 11.7. The smallest absolute Gasteiger partial charge is 0.332 e. The number of hydrogen-bond donors (Lipinski definition) is 1. The zero-order chi connectivity index (χ0) is 14.1. The van der Waals surface area contributed by atoms with Gasteiger partial charge in [0.1, 0.15) is 6.10 Å². The molecule has 0 unspecified atom stereocenters. The maximum absolute atomic E-state index is 12.3. The van der Waals surface area contributed by atoms with E-state index in [0.29, 0.717) is 12.8 Å². The minimum Gasteiger partial charge on any atom is -0.479 e. The summed E-state index contributed by atoms with van der Waals surface area (Å²) in [5.74, 6) is -0.110. The molecule has 0 radical (unpaired) electrons. The molecule has 2 saturated heterocycles. The Kier molecular flexibility index (Phi) is 3.94. The topological polar surface area (TPSA) is 70.1 Å². The van der Waals surface area contributed by atoms with Gasteiger partial charge in [-0.1, -0.05) is 0 Å². The van der Waals surface area contributed by atoms with Crippen LogP contribution in [0, 0.1) is 5.92 Å². The maximum Gasteiger partial charge on any atom is 0.332 e. The molecule has 20 heavy (non-hydrogen) atoms. The van der Waals surface area contributed by atoms with Crippen LogP contribution in [0.25, 0.3) is 0 Å². The molecule has 1 N–H and O–H groups in total. The van der Waals surface area contributed by atoms with Gasteiger partial charge < -0.3 is 14.7 Å². The van der Waals surface area contributed by atoms with Crippen LogP contribution in [0.5, 0.6) is 0 Å². The quantitative estimate of drug-likeness (QED) is 0.796. The molecular weight excluding hydrogens is 260 g/mol. The molecule has 2 atom stereocenters. The van der Waals surface area contributed by atoms with Gasteiger partial charge in [0.05, 0.1) is 0 Å². The Balaban J connectivity index is 1.45. The Bertz CT molecular complexity index is 389. The Hall–Kier alpha value is -1.14. The second kappa shape index (κ2) is 5.69. The molecule has 1 aliphatic carbocycles. The maximum atomic E-state index is 12.3. The Morgan fingerprint density at radius 3 is 2.20 bits per heavy atom. The van der Waals surface area contributed by atoms with E-state index in [1.807, 2.05) is 4.90 Å². The number of hydrogen-bond acceptors (Lipinski definition) is 4. The van der Waals surface area contributed by atoms with Crippen LogP contribution < -0.4 is 0 Å². The van der Waals surface area contributed by atoms with Gasteiger partial charge >= 0.3 is 5.97 Å². The van der Waals surface area contributed by atoms with Crippen molar-refractivity contribution in [2.24, 2.45) is 5.92 Å². The van der Waals surface area contributed by atoms with Crippen molar-refractivity contribution in [2.75, 3.05) is 32.7 Å². The number of aliphatic carboxylic acids is 1. The van der Waals surface area contributed by atoms with Crippen molar-refractivity contribution in [1.29, 1.82) is 0 Å². The van der Waals surface area contributed by atoms with E-state index in [2.05, 4.69) is 4.90 Å². The fraction of sp³-hybridized carbons (Fsp3) is 0.857. The van der Waals surface area contributed by atoms with Crippen LogP contribution in [0.15, 0.2) is 0 Å². The molecule has 0 aromatic heterocycles. The highest BCUT2D eigenvalue weighted by Gasteiger charge is 2.37. The van der Waals surface area contributed by atoms with Crippen LogP contribution in [0.1, 0.15) is 25.7 Å². The molecule has 6 heteroatoms. The first kappa shape index (κ1) is 13.8. The minimum atomic E-state index is -0.963. The van der Waals surface area contributed by atoms with Gasteiger partial charge in [-0.2, -0.15) is 0 Å². The molecule has 3 fully saturated rings. The van der Waals surface area contributed by atoms with E-state index < -0.39 is 18.2 Å². The van der Waals surface area contributed by atoms with Crippen molar-refractivity contribution in [3.05, 3.63) is 0 Å². The number of carbonyl (C=O) groups is 2. The first-order valence-corrected chi connectivity index (χ1v) is 7.53. The first-order valence-electron chi connectivity index (χ1n) is 7.53. The van der Waals surface area contributed by atoms with Gasteiger partial charge in [0.2, 0.25) is 0 Å². The summed E-state index contributed by atoms with van der Waals surface area (Å²) in [6.07, 6.45) is 2.31. The fourth-order valence-corrected chi connectivity index (χ4v) is 3.02. The number of amides is 1. The van der Waals surface area contributed by atoms with Crippen molar-refractivity contribution >= 4 is 11.9 Å². The van der Waals surface area contributed by atoms with Crippen molar-refractivity contribution in [2.45, 2.75) is 37.9 Å². The lowest BCUT2D eigenvalue weighted by Gasteiger charge is -2.35. The van der Waals surface area contributed by atoms with E-state index in [1.54, 1.807) is 0 Å².